The molecular weight excluding hydrogens is 302 g/mol. The van der Waals surface area contributed by atoms with Crippen LogP contribution in [0.3, 0.4) is 0 Å². The molecule has 1 aliphatic heterocycles. The monoisotopic (exact) mass is 325 g/mol. The summed E-state index contributed by atoms with van der Waals surface area (Å²) in [5.74, 6) is 0.879. The first-order valence-corrected chi connectivity index (χ1v) is 8.62. The molecule has 1 aliphatic carbocycles. The van der Waals surface area contributed by atoms with Crippen molar-refractivity contribution in [1.82, 2.24) is 14.5 Å². The minimum absolute atomic E-state index is 0.0260. The van der Waals surface area contributed by atoms with Crippen LogP contribution in [0.5, 0.6) is 0 Å². The highest BCUT2D eigenvalue weighted by Crippen LogP contribution is 2.48. The van der Waals surface area contributed by atoms with Crippen molar-refractivity contribution in [3.8, 4) is 11.3 Å². The van der Waals surface area contributed by atoms with Gasteiger partial charge < -0.3 is 14.6 Å². The van der Waals surface area contributed by atoms with E-state index < -0.39 is 0 Å². The van der Waals surface area contributed by atoms with Crippen LogP contribution in [-0.4, -0.2) is 45.2 Å². The van der Waals surface area contributed by atoms with Crippen molar-refractivity contribution in [2.24, 2.45) is 18.4 Å². The molecule has 2 aromatic rings. The Hall–Kier alpha value is -2.14. The van der Waals surface area contributed by atoms with E-state index in [0.717, 1.165) is 37.1 Å². The lowest BCUT2D eigenvalue weighted by Gasteiger charge is -2.25. The standard InChI is InChI=1S/C19H23N3O2/c1-21-11-16(14-6-3-2-4-7-14)20-17(21)18(24)22-10-15-8-5-9-19(15,12-22)13-23/h2-4,6-7,11,15,23H,5,8-10,12-13H2,1H3/t15-,19+/m0/s1. The number of amides is 1. The lowest BCUT2D eigenvalue weighted by Crippen LogP contribution is -2.35. The second kappa shape index (κ2) is 5.74. The molecule has 24 heavy (non-hydrogen) atoms. The Morgan fingerprint density at radius 1 is 1.38 bits per heavy atom. The van der Waals surface area contributed by atoms with Gasteiger partial charge in [-0.2, -0.15) is 0 Å². The average molecular weight is 325 g/mol. The molecule has 1 amide bonds. The molecule has 2 heterocycles. The molecule has 0 unspecified atom stereocenters. The first kappa shape index (κ1) is 15.4. The number of likely N-dealkylation sites (tertiary alicyclic amines) is 1. The number of aliphatic hydroxyl groups is 1. The van der Waals surface area contributed by atoms with Gasteiger partial charge in [0.2, 0.25) is 0 Å². The zero-order valence-corrected chi connectivity index (χ0v) is 14.0. The van der Waals surface area contributed by atoms with Crippen molar-refractivity contribution in [3.63, 3.8) is 0 Å². The van der Waals surface area contributed by atoms with Gasteiger partial charge in [-0.1, -0.05) is 36.8 Å². The van der Waals surface area contributed by atoms with E-state index in [-0.39, 0.29) is 17.9 Å². The fourth-order valence-corrected chi connectivity index (χ4v) is 4.38. The van der Waals surface area contributed by atoms with Crippen LogP contribution in [0.4, 0.5) is 0 Å². The molecule has 0 spiro atoms. The van der Waals surface area contributed by atoms with E-state index in [4.69, 9.17) is 0 Å². The summed E-state index contributed by atoms with van der Waals surface area (Å²) in [5, 5.41) is 9.85. The molecule has 2 atom stereocenters. The molecule has 0 radical (unpaired) electrons. The summed E-state index contributed by atoms with van der Waals surface area (Å²) >= 11 is 0. The van der Waals surface area contributed by atoms with Gasteiger partial charge in [-0.25, -0.2) is 4.98 Å². The Kier molecular flexibility index (Phi) is 3.68. The lowest BCUT2D eigenvalue weighted by molar-refractivity contribution is 0.0719. The van der Waals surface area contributed by atoms with Crippen molar-refractivity contribution in [2.75, 3.05) is 19.7 Å². The van der Waals surface area contributed by atoms with Crippen molar-refractivity contribution in [2.45, 2.75) is 19.3 Å². The van der Waals surface area contributed by atoms with Gasteiger partial charge in [0.15, 0.2) is 5.82 Å². The van der Waals surface area contributed by atoms with Crippen molar-refractivity contribution < 1.29 is 9.90 Å². The molecule has 1 saturated heterocycles. The van der Waals surface area contributed by atoms with E-state index >= 15 is 0 Å². The molecule has 126 valence electrons. The maximum Gasteiger partial charge on any atom is 0.289 e. The van der Waals surface area contributed by atoms with Crippen LogP contribution in [0.15, 0.2) is 36.5 Å². The summed E-state index contributed by atoms with van der Waals surface area (Å²) in [6.07, 6.45) is 5.20. The van der Waals surface area contributed by atoms with Gasteiger partial charge >= 0.3 is 0 Å². The quantitative estimate of drug-likeness (QED) is 0.942. The zero-order chi connectivity index (χ0) is 16.7. The smallest absolute Gasteiger partial charge is 0.289 e. The minimum Gasteiger partial charge on any atom is -0.396 e. The van der Waals surface area contributed by atoms with Crippen LogP contribution in [0.1, 0.15) is 29.9 Å². The predicted molar refractivity (Wildman–Crippen MR) is 91.4 cm³/mol. The summed E-state index contributed by atoms with van der Waals surface area (Å²) < 4.78 is 1.81. The fraction of sp³-hybridized carbons (Fsp3) is 0.474. The number of fused-ring (bicyclic) bond motifs is 1. The number of hydrogen-bond acceptors (Lipinski definition) is 3. The van der Waals surface area contributed by atoms with Crippen LogP contribution >= 0.6 is 0 Å². The third kappa shape index (κ3) is 2.35. The van der Waals surface area contributed by atoms with E-state index in [1.54, 1.807) is 0 Å². The molecular formula is C19H23N3O2. The van der Waals surface area contributed by atoms with Crippen LogP contribution < -0.4 is 0 Å². The van der Waals surface area contributed by atoms with Gasteiger partial charge in [0.05, 0.1) is 12.3 Å². The number of aryl methyl sites for hydroxylation is 1. The molecule has 5 heteroatoms. The van der Waals surface area contributed by atoms with Crippen LogP contribution in [0.25, 0.3) is 11.3 Å². The third-order valence-electron chi connectivity index (χ3n) is 5.78. The Bertz CT molecular complexity index is 755. The maximum absolute atomic E-state index is 13.0. The molecule has 2 fully saturated rings. The van der Waals surface area contributed by atoms with Crippen molar-refractivity contribution in [1.29, 1.82) is 0 Å². The second-order valence-corrected chi connectivity index (χ2v) is 7.22. The molecule has 1 saturated carbocycles. The fourth-order valence-electron chi connectivity index (χ4n) is 4.38. The maximum atomic E-state index is 13.0. The highest BCUT2D eigenvalue weighted by molar-refractivity contribution is 5.92. The van der Waals surface area contributed by atoms with Crippen LogP contribution in [0.2, 0.25) is 0 Å². The number of nitrogens with zero attached hydrogens (tertiary/aromatic N) is 3. The van der Waals surface area contributed by atoms with E-state index in [1.165, 1.54) is 0 Å². The Labute approximate surface area is 141 Å². The van der Waals surface area contributed by atoms with Gasteiger partial charge in [-0.15, -0.1) is 0 Å². The molecule has 2 aliphatic rings. The SMILES string of the molecule is Cn1cc(-c2ccccc2)nc1C(=O)N1C[C@@H]2CCC[C@]2(CO)C1. The number of aromatic nitrogens is 2. The average Bonchev–Trinajstić information content (AvgIpc) is 3.27. The van der Waals surface area contributed by atoms with Gasteiger partial charge in [0.1, 0.15) is 0 Å². The normalized spacial score (nSPS) is 25.9. The Morgan fingerprint density at radius 2 is 2.17 bits per heavy atom. The molecule has 1 aromatic carbocycles. The summed E-state index contributed by atoms with van der Waals surface area (Å²) in [4.78, 5) is 19.4. The van der Waals surface area contributed by atoms with E-state index in [1.807, 2.05) is 53.0 Å². The summed E-state index contributed by atoms with van der Waals surface area (Å²) in [6, 6.07) is 9.90. The first-order valence-electron chi connectivity index (χ1n) is 8.62. The number of hydrogen-bond donors (Lipinski definition) is 1. The zero-order valence-electron chi connectivity index (χ0n) is 14.0. The summed E-state index contributed by atoms with van der Waals surface area (Å²) in [7, 11) is 1.87. The van der Waals surface area contributed by atoms with Crippen molar-refractivity contribution in [3.05, 3.63) is 42.4 Å². The third-order valence-corrected chi connectivity index (χ3v) is 5.78. The summed E-state index contributed by atoms with van der Waals surface area (Å²) in [5.41, 5.74) is 1.75. The number of imidazole rings is 1. The molecule has 4 rings (SSSR count). The number of benzene rings is 1. The molecule has 5 nitrogen and oxygen atoms in total. The molecule has 1 N–H and O–H groups in total. The van der Waals surface area contributed by atoms with Gasteiger partial charge in [0.25, 0.3) is 5.91 Å². The van der Waals surface area contributed by atoms with Gasteiger partial charge in [-0.05, 0) is 18.8 Å². The summed E-state index contributed by atoms with van der Waals surface area (Å²) in [6.45, 7) is 1.57. The predicted octanol–water partition coefficient (Wildman–Crippen LogP) is 2.32. The van der Waals surface area contributed by atoms with Crippen LogP contribution in [-0.2, 0) is 7.05 Å². The Balaban J connectivity index is 1.59. The van der Waals surface area contributed by atoms with Gasteiger partial charge in [-0.3, -0.25) is 4.79 Å². The van der Waals surface area contributed by atoms with Crippen molar-refractivity contribution >= 4 is 5.91 Å². The van der Waals surface area contributed by atoms with E-state index in [0.29, 0.717) is 18.3 Å². The van der Waals surface area contributed by atoms with E-state index in [2.05, 4.69) is 4.98 Å². The molecule has 1 aromatic heterocycles. The Morgan fingerprint density at radius 3 is 2.88 bits per heavy atom. The number of aliphatic hydroxyl groups excluding tert-OH is 1. The lowest BCUT2D eigenvalue weighted by atomic mass is 9.82. The highest BCUT2D eigenvalue weighted by Gasteiger charge is 2.50. The van der Waals surface area contributed by atoms with Crippen LogP contribution in [0, 0.1) is 11.3 Å². The number of rotatable bonds is 3. The van der Waals surface area contributed by atoms with E-state index in [9.17, 15) is 9.90 Å². The largest absolute Gasteiger partial charge is 0.396 e. The minimum atomic E-state index is -0.0803. The highest BCUT2D eigenvalue weighted by atomic mass is 16.3. The molecule has 0 bridgehead atoms. The topological polar surface area (TPSA) is 58.4 Å². The van der Waals surface area contributed by atoms with Gasteiger partial charge in [0, 0.05) is 37.3 Å². The number of carbonyl (C=O) groups is 1. The first-order chi connectivity index (χ1) is 11.6. The number of carbonyl (C=O) groups excluding carboxylic acids is 1. The second-order valence-electron chi connectivity index (χ2n) is 7.22.